The highest BCUT2D eigenvalue weighted by atomic mass is 32.2. The summed E-state index contributed by atoms with van der Waals surface area (Å²) >= 11 is 1.36. The van der Waals surface area contributed by atoms with Crippen LogP contribution in [-0.2, 0) is 4.74 Å². The summed E-state index contributed by atoms with van der Waals surface area (Å²) in [6.07, 6.45) is 0. The van der Waals surface area contributed by atoms with Crippen LogP contribution in [0, 0.1) is 17.0 Å². The number of methoxy groups -OCH3 is 1. The van der Waals surface area contributed by atoms with Gasteiger partial charge in [-0.25, -0.2) is 4.79 Å². The van der Waals surface area contributed by atoms with Crippen molar-refractivity contribution in [2.75, 3.05) is 7.11 Å². The molecule has 0 aromatic heterocycles. The van der Waals surface area contributed by atoms with Gasteiger partial charge >= 0.3 is 5.97 Å². The molecule has 0 atom stereocenters. The fourth-order valence-electron chi connectivity index (χ4n) is 1.72. The van der Waals surface area contributed by atoms with Crippen LogP contribution in [0.1, 0.15) is 15.9 Å². The number of nitro groups is 1. The molecule has 2 aromatic rings. The normalized spacial score (nSPS) is 10.2. The largest absolute Gasteiger partial charge is 0.465 e. The first-order valence-electron chi connectivity index (χ1n) is 6.12. The van der Waals surface area contributed by atoms with Crippen molar-refractivity contribution in [1.29, 1.82) is 0 Å². The lowest BCUT2D eigenvalue weighted by atomic mass is 10.2. The predicted octanol–water partition coefficient (Wildman–Crippen LogP) is 3.84. The number of carbonyl (C=O) groups excluding carboxylic acids is 1. The number of carbonyl (C=O) groups is 1. The summed E-state index contributed by atoms with van der Waals surface area (Å²) in [5.41, 5.74) is 1.19. The van der Waals surface area contributed by atoms with Crippen LogP contribution in [0.2, 0.25) is 0 Å². The lowest BCUT2D eigenvalue weighted by Gasteiger charge is -2.07. The molecule has 0 saturated carbocycles. The summed E-state index contributed by atoms with van der Waals surface area (Å²) in [7, 11) is 1.25. The summed E-state index contributed by atoms with van der Waals surface area (Å²) in [6, 6.07) is 12.0. The minimum atomic E-state index is -0.590. The highest BCUT2D eigenvalue weighted by Crippen LogP contribution is 2.33. The molecular weight excluding hydrogens is 290 g/mol. The monoisotopic (exact) mass is 303 g/mol. The van der Waals surface area contributed by atoms with E-state index >= 15 is 0 Å². The Bertz CT molecular complexity index is 683. The molecule has 0 saturated heterocycles. The van der Waals surface area contributed by atoms with Crippen LogP contribution >= 0.6 is 11.8 Å². The standard InChI is InChI=1S/C15H13NO4S/c1-10-3-6-12(7-4-10)21-14-8-5-11(16(18)19)9-13(14)15(17)20-2/h3-9H,1-2H3. The zero-order chi connectivity index (χ0) is 15.4. The maximum absolute atomic E-state index is 11.8. The van der Waals surface area contributed by atoms with Gasteiger partial charge in [0.2, 0.25) is 0 Å². The van der Waals surface area contributed by atoms with Crippen LogP contribution in [0.4, 0.5) is 5.69 Å². The molecular formula is C15H13NO4S. The lowest BCUT2D eigenvalue weighted by Crippen LogP contribution is -2.04. The van der Waals surface area contributed by atoms with Gasteiger partial charge in [0, 0.05) is 21.9 Å². The molecule has 0 aliphatic carbocycles. The quantitative estimate of drug-likeness (QED) is 0.487. The molecule has 0 aliphatic rings. The van der Waals surface area contributed by atoms with Crippen LogP contribution < -0.4 is 0 Å². The number of nitrogens with zero attached hydrogens (tertiary/aromatic N) is 1. The van der Waals surface area contributed by atoms with Crippen molar-refractivity contribution in [1.82, 2.24) is 0 Å². The smallest absolute Gasteiger partial charge is 0.339 e. The Kier molecular flexibility index (Phi) is 4.59. The highest BCUT2D eigenvalue weighted by Gasteiger charge is 2.17. The van der Waals surface area contributed by atoms with E-state index in [1.165, 1.54) is 31.0 Å². The van der Waals surface area contributed by atoms with Gasteiger partial charge in [0.25, 0.3) is 5.69 Å². The number of nitro benzene ring substituents is 1. The van der Waals surface area contributed by atoms with Crippen molar-refractivity contribution in [3.63, 3.8) is 0 Å². The molecule has 2 rings (SSSR count). The van der Waals surface area contributed by atoms with E-state index in [2.05, 4.69) is 0 Å². The van der Waals surface area contributed by atoms with Crippen LogP contribution in [-0.4, -0.2) is 18.0 Å². The van der Waals surface area contributed by atoms with Crippen LogP contribution in [0.5, 0.6) is 0 Å². The molecule has 21 heavy (non-hydrogen) atoms. The van der Waals surface area contributed by atoms with Crippen LogP contribution in [0.3, 0.4) is 0 Å². The highest BCUT2D eigenvalue weighted by molar-refractivity contribution is 7.99. The van der Waals surface area contributed by atoms with E-state index in [1.807, 2.05) is 31.2 Å². The van der Waals surface area contributed by atoms with Crippen LogP contribution in [0.15, 0.2) is 52.3 Å². The Morgan fingerprint density at radius 2 is 1.86 bits per heavy atom. The third-order valence-electron chi connectivity index (χ3n) is 2.83. The molecule has 5 nitrogen and oxygen atoms in total. The number of rotatable bonds is 4. The zero-order valence-corrected chi connectivity index (χ0v) is 12.3. The molecule has 0 unspecified atom stereocenters. The van der Waals surface area contributed by atoms with E-state index in [4.69, 9.17) is 4.74 Å². The average Bonchev–Trinajstić information content (AvgIpc) is 2.49. The molecule has 108 valence electrons. The number of hydrogen-bond donors (Lipinski definition) is 0. The minimum absolute atomic E-state index is 0.136. The summed E-state index contributed by atoms with van der Waals surface area (Å²) in [5, 5.41) is 10.8. The fraction of sp³-hybridized carbons (Fsp3) is 0.133. The van der Waals surface area contributed by atoms with Gasteiger partial charge in [-0.3, -0.25) is 10.1 Å². The van der Waals surface area contributed by atoms with Crippen molar-refractivity contribution >= 4 is 23.4 Å². The molecule has 0 bridgehead atoms. The van der Waals surface area contributed by atoms with Crippen LogP contribution in [0.25, 0.3) is 0 Å². The van der Waals surface area contributed by atoms with Crippen molar-refractivity contribution in [2.24, 2.45) is 0 Å². The molecule has 0 radical (unpaired) electrons. The number of ether oxygens (including phenoxy) is 1. The Hall–Kier alpha value is -2.34. The Morgan fingerprint density at radius 1 is 1.19 bits per heavy atom. The van der Waals surface area contributed by atoms with Crippen molar-refractivity contribution in [3.8, 4) is 0 Å². The van der Waals surface area contributed by atoms with Gasteiger partial charge in [0.15, 0.2) is 0 Å². The molecule has 0 aliphatic heterocycles. The molecule has 0 fully saturated rings. The summed E-state index contributed by atoms with van der Waals surface area (Å²) < 4.78 is 4.69. The summed E-state index contributed by atoms with van der Waals surface area (Å²) in [5.74, 6) is -0.590. The fourth-order valence-corrected chi connectivity index (χ4v) is 2.64. The Labute approximate surface area is 126 Å². The molecule has 0 heterocycles. The van der Waals surface area contributed by atoms with E-state index in [1.54, 1.807) is 6.07 Å². The maximum atomic E-state index is 11.8. The van der Waals surface area contributed by atoms with Gasteiger partial charge in [0.05, 0.1) is 17.6 Å². The molecule has 0 amide bonds. The van der Waals surface area contributed by atoms with Gasteiger partial charge in [-0.1, -0.05) is 29.5 Å². The lowest BCUT2D eigenvalue weighted by molar-refractivity contribution is -0.384. The van der Waals surface area contributed by atoms with Gasteiger partial charge < -0.3 is 4.74 Å². The first-order valence-corrected chi connectivity index (χ1v) is 6.94. The first-order chi connectivity index (χ1) is 10.0. The third kappa shape index (κ3) is 3.61. The number of esters is 1. The minimum Gasteiger partial charge on any atom is -0.465 e. The van der Waals surface area contributed by atoms with E-state index in [-0.39, 0.29) is 11.3 Å². The van der Waals surface area contributed by atoms with Gasteiger partial charge in [-0.2, -0.15) is 0 Å². The van der Waals surface area contributed by atoms with E-state index < -0.39 is 10.9 Å². The second-order valence-electron chi connectivity index (χ2n) is 4.34. The second kappa shape index (κ2) is 6.41. The van der Waals surface area contributed by atoms with E-state index in [0.29, 0.717) is 4.90 Å². The topological polar surface area (TPSA) is 69.4 Å². The molecule has 2 aromatic carbocycles. The van der Waals surface area contributed by atoms with Crippen molar-refractivity contribution < 1.29 is 14.5 Å². The number of aryl methyl sites for hydroxylation is 1. The third-order valence-corrected chi connectivity index (χ3v) is 3.91. The SMILES string of the molecule is COC(=O)c1cc([N+](=O)[O-])ccc1Sc1ccc(C)cc1. The number of non-ortho nitro benzene ring substituents is 1. The molecule has 6 heteroatoms. The number of hydrogen-bond acceptors (Lipinski definition) is 5. The number of benzene rings is 2. The van der Waals surface area contributed by atoms with E-state index in [0.717, 1.165) is 10.5 Å². The summed E-state index contributed by atoms with van der Waals surface area (Å²) in [4.78, 5) is 23.6. The van der Waals surface area contributed by atoms with Crippen molar-refractivity contribution in [3.05, 3.63) is 63.7 Å². The first kappa shape index (κ1) is 15.1. The van der Waals surface area contributed by atoms with Gasteiger partial charge in [-0.05, 0) is 25.1 Å². The van der Waals surface area contributed by atoms with E-state index in [9.17, 15) is 14.9 Å². The maximum Gasteiger partial charge on any atom is 0.339 e. The zero-order valence-electron chi connectivity index (χ0n) is 11.5. The van der Waals surface area contributed by atoms with Crippen molar-refractivity contribution in [2.45, 2.75) is 16.7 Å². The summed E-state index contributed by atoms with van der Waals surface area (Å²) in [6.45, 7) is 1.99. The second-order valence-corrected chi connectivity index (χ2v) is 5.46. The predicted molar refractivity (Wildman–Crippen MR) is 79.7 cm³/mol. The van der Waals surface area contributed by atoms with Gasteiger partial charge in [0.1, 0.15) is 0 Å². The van der Waals surface area contributed by atoms with Gasteiger partial charge in [-0.15, -0.1) is 0 Å². The molecule has 0 N–H and O–H groups in total. The average molecular weight is 303 g/mol. The Balaban J connectivity index is 2.40. The molecule has 0 spiro atoms. The Morgan fingerprint density at radius 3 is 2.43 bits per heavy atom.